The van der Waals surface area contributed by atoms with Gasteiger partial charge in [0.1, 0.15) is 0 Å². The summed E-state index contributed by atoms with van der Waals surface area (Å²) in [6, 6.07) is 0. The van der Waals surface area contributed by atoms with Crippen molar-refractivity contribution in [1.82, 2.24) is 28.9 Å². The van der Waals surface area contributed by atoms with Crippen molar-refractivity contribution in [3.05, 3.63) is 31.5 Å². The molecule has 270 valence electrons. The van der Waals surface area contributed by atoms with Gasteiger partial charge < -0.3 is 15.3 Å². The molecule has 0 aromatic carbocycles. The van der Waals surface area contributed by atoms with E-state index in [1.165, 1.54) is 0 Å². The molecule has 0 aliphatic heterocycles. The Morgan fingerprint density at radius 3 is 0.854 bits per heavy atom. The summed E-state index contributed by atoms with van der Waals surface area (Å²) in [6.45, 7) is -1.40. The molecule has 0 radical (unpaired) electrons. The minimum Gasteiger partial charge on any atom is -0.481 e. The van der Waals surface area contributed by atoms with E-state index < -0.39 is 91.2 Å². The van der Waals surface area contributed by atoms with Crippen molar-refractivity contribution in [1.29, 1.82) is 0 Å². The first kappa shape index (κ1) is 41.1. The van der Waals surface area contributed by atoms with E-state index in [0.717, 1.165) is 13.7 Å². The van der Waals surface area contributed by atoms with Gasteiger partial charge in [-0.3, -0.25) is 44.4 Å². The average Bonchev–Trinajstić information content (AvgIpc) is 3.02. The molecule has 0 fully saturated rings. The molecular formula is C27H42N6O15. The lowest BCUT2D eigenvalue weighted by Gasteiger charge is -2.17. The highest BCUT2D eigenvalue weighted by Crippen LogP contribution is 2.03. The lowest BCUT2D eigenvalue weighted by molar-refractivity contribution is -0.166. The Labute approximate surface area is 272 Å². The molecule has 0 aliphatic carbocycles. The zero-order chi connectivity index (χ0) is 36.4. The molecule has 21 nitrogen and oxygen atoms in total. The lowest BCUT2D eigenvalue weighted by Crippen LogP contribution is -2.54. The van der Waals surface area contributed by atoms with Gasteiger partial charge in [-0.15, -0.1) is 0 Å². The molecule has 0 saturated carbocycles. The summed E-state index contributed by atoms with van der Waals surface area (Å²) in [4.78, 5) is 107. The van der Waals surface area contributed by atoms with Gasteiger partial charge in [0.15, 0.2) is 0 Å². The third-order valence-corrected chi connectivity index (χ3v) is 6.91. The van der Waals surface area contributed by atoms with E-state index >= 15 is 0 Å². The molecule has 1 rings (SSSR count). The number of aromatic nitrogens is 3. The van der Waals surface area contributed by atoms with Gasteiger partial charge in [-0.2, -0.15) is 0 Å². The second kappa shape index (κ2) is 21.1. The number of carbonyl (C=O) groups excluding carboxylic acids is 3. The van der Waals surface area contributed by atoms with E-state index in [2.05, 4.69) is 0 Å². The average molecular weight is 691 g/mol. The van der Waals surface area contributed by atoms with E-state index in [0.29, 0.717) is 15.2 Å². The largest absolute Gasteiger partial charge is 0.481 e. The number of carbonyl (C=O) groups is 6. The van der Waals surface area contributed by atoms with Crippen molar-refractivity contribution in [2.45, 2.75) is 96.7 Å². The number of amides is 3. The van der Waals surface area contributed by atoms with Gasteiger partial charge in [0, 0.05) is 58.5 Å². The van der Waals surface area contributed by atoms with E-state index in [1.807, 2.05) is 0 Å². The number of unbranched alkanes of at least 4 members (excludes halogenated alkanes) is 3. The number of rotatable bonds is 24. The third kappa shape index (κ3) is 14.7. The highest BCUT2D eigenvalue weighted by molar-refractivity contribution is 5.80. The molecule has 0 unspecified atom stereocenters. The minimum atomic E-state index is -1.22. The molecule has 0 atom stereocenters. The summed E-state index contributed by atoms with van der Waals surface area (Å²) in [5.74, 6) is -6.17. The van der Waals surface area contributed by atoms with Crippen molar-refractivity contribution in [2.75, 3.05) is 19.6 Å². The van der Waals surface area contributed by atoms with Gasteiger partial charge in [0.25, 0.3) is 0 Å². The molecule has 0 spiro atoms. The molecule has 1 heterocycles. The molecule has 21 heteroatoms. The van der Waals surface area contributed by atoms with Crippen molar-refractivity contribution in [3.8, 4) is 0 Å². The smallest absolute Gasteiger partial charge is 0.336 e. The summed E-state index contributed by atoms with van der Waals surface area (Å²) in [7, 11) is 0. The summed E-state index contributed by atoms with van der Waals surface area (Å²) in [5, 5.41) is 56.5. The minimum absolute atomic E-state index is 0.0759. The van der Waals surface area contributed by atoms with E-state index in [9.17, 15) is 58.8 Å². The maximum atomic E-state index is 13.2. The number of carboxylic acids is 3. The van der Waals surface area contributed by atoms with Crippen LogP contribution in [0.5, 0.6) is 0 Å². The van der Waals surface area contributed by atoms with E-state index in [1.54, 1.807) is 0 Å². The Balaban J connectivity index is 3.02. The number of hydrogen-bond donors (Lipinski definition) is 6. The fraction of sp³-hybridized carbons (Fsp3) is 0.667. The Kier molecular flexibility index (Phi) is 18.1. The van der Waals surface area contributed by atoms with Crippen LogP contribution in [0.4, 0.5) is 0 Å². The molecule has 48 heavy (non-hydrogen) atoms. The number of hydrogen-bond acceptors (Lipinski definition) is 12. The molecule has 0 aliphatic rings. The van der Waals surface area contributed by atoms with Crippen LogP contribution in [0.3, 0.4) is 0 Å². The van der Waals surface area contributed by atoms with Crippen LogP contribution >= 0.6 is 0 Å². The highest BCUT2D eigenvalue weighted by Gasteiger charge is 2.18. The number of hydroxylamine groups is 6. The predicted octanol–water partition coefficient (Wildman–Crippen LogP) is -1.24. The second-order valence-corrected chi connectivity index (χ2v) is 10.7. The van der Waals surface area contributed by atoms with Crippen molar-refractivity contribution in [3.63, 3.8) is 0 Å². The van der Waals surface area contributed by atoms with Crippen molar-refractivity contribution in [2.24, 2.45) is 0 Å². The molecule has 1 aromatic rings. The molecular weight excluding hydrogens is 648 g/mol. The predicted molar refractivity (Wildman–Crippen MR) is 158 cm³/mol. The summed E-state index contributed by atoms with van der Waals surface area (Å²) in [5.41, 5.74) is -2.91. The van der Waals surface area contributed by atoms with Gasteiger partial charge in [0.05, 0.1) is 19.3 Å². The van der Waals surface area contributed by atoms with Crippen LogP contribution in [0.2, 0.25) is 0 Å². The molecule has 1 aromatic heterocycles. The normalized spacial score (nSPS) is 10.8. The van der Waals surface area contributed by atoms with Gasteiger partial charge in [-0.05, 0) is 38.5 Å². The Morgan fingerprint density at radius 2 is 0.646 bits per heavy atom. The fourth-order valence-electron chi connectivity index (χ4n) is 4.25. The third-order valence-electron chi connectivity index (χ3n) is 6.91. The van der Waals surface area contributed by atoms with Crippen LogP contribution in [0.1, 0.15) is 77.0 Å². The van der Waals surface area contributed by atoms with Gasteiger partial charge >= 0.3 is 35.0 Å². The van der Waals surface area contributed by atoms with Gasteiger partial charge in [-0.1, -0.05) is 0 Å². The standard InChI is InChI=1S/C27H42N6O15/c34-19(7-10-22(37)38)31(46)16-4-1-13-28-25(43)29(14-2-5-17-32(47)20(35)8-11-23(39)40)27(45)30(26(28)44)15-3-6-18-33(48)21(36)9-12-24(41)42/h46-48H,1-18H2,(H,37,38)(H,39,40)(H,41,42). The SMILES string of the molecule is O=C(O)CCC(=O)N(O)CCCCn1c(=O)n(CCCCN(O)C(=O)CCC(=O)O)c(=O)n(CCCCN(O)C(=O)CCC(=O)O)c1=O. The Hall–Kier alpha value is -4.89. The first-order chi connectivity index (χ1) is 22.6. The number of nitrogens with zero attached hydrogens (tertiary/aromatic N) is 6. The second-order valence-electron chi connectivity index (χ2n) is 10.7. The van der Waals surface area contributed by atoms with Crippen molar-refractivity contribution < 1.29 is 59.7 Å². The monoisotopic (exact) mass is 690 g/mol. The molecule has 0 saturated heterocycles. The van der Waals surface area contributed by atoms with Crippen LogP contribution in [-0.2, 0) is 48.4 Å². The van der Waals surface area contributed by atoms with Gasteiger partial charge in [0.2, 0.25) is 17.7 Å². The molecule has 3 amide bonds. The Morgan fingerprint density at radius 1 is 0.417 bits per heavy atom. The van der Waals surface area contributed by atoms with Crippen LogP contribution < -0.4 is 17.1 Å². The summed E-state index contributed by atoms with van der Waals surface area (Å²) in [6.07, 6.45) is -2.27. The zero-order valence-corrected chi connectivity index (χ0v) is 26.3. The number of carboxylic acid groups (broad SMARTS) is 3. The summed E-state index contributed by atoms with van der Waals surface area (Å²) < 4.78 is 2.32. The zero-order valence-electron chi connectivity index (χ0n) is 26.3. The lowest BCUT2D eigenvalue weighted by atomic mass is 10.2. The van der Waals surface area contributed by atoms with E-state index in [4.69, 9.17) is 15.3 Å². The molecule has 0 bridgehead atoms. The van der Waals surface area contributed by atoms with E-state index in [-0.39, 0.29) is 77.8 Å². The first-order valence-corrected chi connectivity index (χ1v) is 15.1. The van der Waals surface area contributed by atoms with Crippen LogP contribution in [0.25, 0.3) is 0 Å². The molecule has 6 N–H and O–H groups in total. The van der Waals surface area contributed by atoms with Crippen LogP contribution in [0, 0.1) is 0 Å². The topological polar surface area (TPSA) is 300 Å². The Bertz CT molecular complexity index is 1260. The fourth-order valence-corrected chi connectivity index (χ4v) is 4.25. The first-order valence-electron chi connectivity index (χ1n) is 15.1. The quantitative estimate of drug-likeness (QED) is 0.0420. The van der Waals surface area contributed by atoms with Gasteiger partial charge in [-0.25, -0.2) is 43.3 Å². The number of aliphatic carboxylic acids is 3. The van der Waals surface area contributed by atoms with Crippen LogP contribution in [0.15, 0.2) is 14.4 Å². The maximum absolute atomic E-state index is 13.2. The maximum Gasteiger partial charge on any atom is 0.336 e. The summed E-state index contributed by atoms with van der Waals surface area (Å²) >= 11 is 0. The van der Waals surface area contributed by atoms with Crippen molar-refractivity contribution >= 4 is 35.6 Å². The highest BCUT2D eigenvalue weighted by atomic mass is 16.5. The van der Waals surface area contributed by atoms with Crippen LogP contribution in [-0.4, -0.2) is 115 Å².